The summed E-state index contributed by atoms with van der Waals surface area (Å²) in [5.41, 5.74) is 1.33. The van der Waals surface area contributed by atoms with E-state index in [1.807, 2.05) is 31.2 Å². The van der Waals surface area contributed by atoms with Gasteiger partial charge in [-0.05, 0) is 36.8 Å². The molecule has 0 fully saturated rings. The fourth-order valence-electron chi connectivity index (χ4n) is 2.77. The summed E-state index contributed by atoms with van der Waals surface area (Å²) in [6.45, 7) is 2.21. The molecule has 9 nitrogen and oxygen atoms in total. The van der Waals surface area contributed by atoms with Crippen molar-refractivity contribution in [1.29, 1.82) is 0 Å². The lowest BCUT2D eigenvalue weighted by molar-refractivity contribution is -0.386. The number of para-hydroxylation sites is 1. The number of nitro benzene ring substituents is 1. The van der Waals surface area contributed by atoms with Gasteiger partial charge in [-0.3, -0.25) is 19.6 Å². The van der Waals surface area contributed by atoms with Crippen molar-refractivity contribution in [1.82, 2.24) is 5.32 Å². The molecule has 0 unspecified atom stereocenters. The zero-order valence-electron chi connectivity index (χ0n) is 16.4. The summed E-state index contributed by atoms with van der Waals surface area (Å²) < 4.78 is 27.7. The van der Waals surface area contributed by atoms with Gasteiger partial charge in [0.2, 0.25) is 0 Å². The van der Waals surface area contributed by atoms with Crippen molar-refractivity contribution in [2.45, 2.75) is 18.4 Å². The van der Waals surface area contributed by atoms with Crippen molar-refractivity contribution in [3.63, 3.8) is 0 Å². The van der Waals surface area contributed by atoms with E-state index >= 15 is 0 Å². The molecule has 0 radical (unpaired) electrons. The molecular weight excluding hydrogens is 422 g/mol. The van der Waals surface area contributed by atoms with Crippen LogP contribution in [-0.4, -0.2) is 24.4 Å². The number of rotatable bonds is 7. The molecule has 3 N–H and O–H groups in total. The number of amides is 1. The first-order valence-electron chi connectivity index (χ1n) is 9.10. The van der Waals surface area contributed by atoms with Crippen LogP contribution in [0.2, 0.25) is 0 Å². The van der Waals surface area contributed by atoms with Gasteiger partial charge in [0, 0.05) is 12.6 Å². The maximum atomic E-state index is 12.7. The lowest BCUT2D eigenvalue weighted by Gasteiger charge is -2.13. The first-order valence-corrected chi connectivity index (χ1v) is 10.6. The van der Waals surface area contributed by atoms with Crippen LogP contribution in [-0.2, 0) is 16.6 Å². The number of anilines is 1. The van der Waals surface area contributed by atoms with E-state index in [2.05, 4.69) is 10.0 Å². The Hall–Kier alpha value is -3.92. The monoisotopic (exact) mass is 441 g/mol. The zero-order valence-corrected chi connectivity index (χ0v) is 17.2. The maximum absolute atomic E-state index is 12.7. The highest BCUT2D eigenvalue weighted by molar-refractivity contribution is 7.92. The molecule has 0 aromatic heterocycles. The molecule has 0 aliphatic carbocycles. The van der Waals surface area contributed by atoms with E-state index in [1.54, 1.807) is 12.1 Å². The number of nitrogens with zero attached hydrogens (tertiary/aromatic N) is 1. The molecule has 0 aliphatic rings. The molecular formula is C21H19N3O6S. The van der Waals surface area contributed by atoms with Gasteiger partial charge in [0.1, 0.15) is 0 Å². The van der Waals surface area contributed by atoms with E-state index in [9.17, 15) is 28.4 Å². The number of phenolic OH excluding ortho intramolecular Hbond substituents is 1. The van der Waals surface area contributed by atoms with Crippen LogP contribution in [0, 0.1) is 17.0 Å². The Bertz CT molecular complexity index is 1240. The van der Waals surface area contributed by atoms with Crippen LogP contribution in [0.15, 0.2) is 71.6 Å². The minimum atomic E-state index is -4.26. The molecule has 0 atom stereocenters. The summed E-state index contributed by atoms with van der Waals surface area (Å²) in [6, 6.07) is 16.3. The molecule has 10 heteroatoms. The normalized spacial score (nSPS) is 11.0. The van der Waals surface area contributed by atoms with E-state index in [4.69, 9.17) is 0 Å². The van der Waals surface area contributed by atoms with Gasteiger partial charge >= 0.3 is 5.69 Å². The summed E-state index contributed by atoms with van der Waals surface area (Å²) in [6.07, 6.45) is 0. The van der Waals surface area contributed by atoms with Crippen molar-refractivity contribution in [2.24, 2.45) is 0 Å². The SMILES string of the molecule is Cc1ccc(CNC(=O)c2ccccc2NS(=O)(=O)c2ccc(O)c([N+](=O)[O-])c2)cc1. The third kappa shape index (κ3) is 5.17. The molecule has 31 heavy (non-hydrogen) atoms. The van der Waals surface area contributed by atoms with Gasteiger partial charge in [0.25, 0.3) is 15.9 Å². The number of benzene rings is 3. The van der Waals surface area contributed by atoms with Gasteiger partial charge in [-0.2, -0.15) is 0 Å². The zero-order chi connectivity index (χ0) is 22.6. The molecule has 0 aliphatic heterocycles. The van der Waals surface area contributed by atoms with Gasteiger partial charge in [0.05, 0.1) is 21.1 Å². The first-order chi connectivity index (χ1) is 14.7. The number of hydrogen-bond acceptors (Lipinski definition) is 6. The molecule has 3 rings (SSSR count). The van der Waals surface area contributed by atoms with Crippen molar-refractivity contribution in [3.05, 3.63) is 93.5 Å². The van der Waals surface area contributed by atoms with Gasteiger partial charge in [-0.25, -0.2) is 8.42 Å². The molecule has 0 saturated carbocycles. The molecule has 160 valence electrons. The molecule has 0 spiro atoms. The van der Waals surface area contributed by atoms with Crippen molar-refractivity contribution >= 4 is 27.3 Å². The highest BCUT2D eigenvalue weighted by atomic mass is 32.2. The Morgan fingerprint density at radius 1 is 1.06 bits per heavy atom. The van der Waals surface area contributed by atoms with E-state index in [1.165, 1.54) is 12.1 Å². The predicted octanol–water partition coefficient (Wildman–Crippen LogP) is 3.34. The van der Waals surface area contributed by atoms with Crippen LogP contribution in [0.25, 0.3) is 0 Å². The van der Waals surface area contributed by atoms with E-state index in [-0.39, 0.29) is 17.8 Å². The minimum absolute atomic E-state index is 0.0136. The second-order valence-electron chi connectivity index (χ2n) is 6.73. The quantitative estimate of drug-likeness (QED) is 0.380. The Balaban J connectivity index is 1.82. The van der Waals surface area contributed by atoms with Crippen LogP contribution >= 0.6 is 0 Å². The summed E-state index contributed by atoms with van der Waals surface area (Å²) in [5, 5.41) is 23.3. The lowest BCUT2D eigenvalue weighted by Crippen LogP contribution is -2.25. The fourth-order valence-corrected chi connectivity index (χ4v) is 3.87. The smallest absolute Gasteiger partial charge is 0.312 e. The number of nitro groups is 1. The molecule has 3 aromatic carbocycles. The molecule has 0 heterocycles. The third-order valence-electron chi connectivity index (χ3n) is 4.44. The largest absolute Gasteiger partial charge is 0.502 e. The highest BCUT2D eigenvalue weighted by Gasteiger charge is 2.23. The van der Waals surface area contributed by atoms with E-state index in [0.717, 1.165) is 29.3 Å². The van der Waals surface area contributed by atoms with Gasteiger partial charge < -0.3 is 10.4 Å². The Morgan fingerprint density at radius 2 is 1.74 bits per heavy atom. The molecule has 1 amide bonds. The lowest BCUT2D eigenvalue weighted by atomic mass is 10.1. The van der Waals surface area contributed by atoms with Crippen LogP contribution in [0.3, 0.4) is 0 Å². The number of carbonyl (C=O) groups is 1. The minimum Gasteiger partial charge on any atom is -0.502 e. The topological polar surface area (TPSA) is 139 Å². The number of nitrogens with one attached hydrogen (secondary N) is 2. The van der Waals surface area contributed by atoms with Gasteiger partial charge in [-0.15, -0.1) is 0 Å². The van der Waals surface area contributed by atoms with Crippen LogP contribution < -0.4 is 10.0 Å². The second-order valence-corrected chi connectivity index (χ2v) is 8.41. The maximum Gasteiger partial charge on any atom is 0.312 e. The standard InChI is InChI=1S/C21H19N3O6S/c1-14-6-8-15(9-7-14)13-22-21(26)17-4-2-3-5-18(17)23-31(29,30)16-10-11-20(25)19(12-16)24(27)28/h2-12,23,25H,13H2,1H3,(H,22,26). The summed E-state index contributed by atoms with van der Waals surface area (Å²) in [4.78, 5) is 22.3. The van der Waals surface area contributed by atoms with Crippen molar-refractivity contribution in [2.75, 3.05) is 4.72 Å². The van der Waals surface area contributed by atoms with Crippen LogP contribution in [0.1, 0.15) is 21.5 Å². The summed E-state index contributed by atoms with van der Waals surface area (Å²) in [7, 11) is -4.26. The Labute approximate surface area is 178 Å². The number of hydrogen-bond donors (Lipinski definition) is 3. The highest BCUT2D eigenvalue weighted by Crippen LogP contribution is 2.29. The fraction of sp³-hybridized carbons (Fsp3) is 0.0952. The summed E-state index contributed by atoms with van der Waals surface area (Å²) in [5.74, 6) is -1.14. The number of aryl methyl sites for hydroxylation is 1. The van der Waals surface area contributed by atoms with Gasteiger partial charge in [-0.1, -0.05) is 42.0 Å². The second kappa shape index (κ2) is 8.84. The predicted molar refractivity (Wildman–Crippen MR) is 114 cm³/mol. The number of aromatic hydroxyl groups is 1. The first kappa shape index (κ1) is 21.8. The van der Waals surface area contributed by atoms with Crippen molar-refractivity contribution in [3.8, 4) is 5.75 Å². The van der Waals surface area contributed by atoms with E-state index < -0.39 is 37.2 Å². The number of carbonyl (C=O) groups excluding carboxylic acids is 1. The Morgan fingerprint density at radius 3 is 2.42 bits per heavy atom. The van der Waals surface area contributed by atoms with E-state index in [0.29, 0.717) is 0 Å². The molecule has 0 saturated heterocycles. The van der Waals surface area contributed by atoms with Crippen LogP contribution in [0.4, 0.5) is 11.4 Å². The summed E-state index contributed by atoms with van der Waals surface area (Å²) >= 11 is 0. The third-order valence-corrected chi connectivity index (χ3v) is 5.81. The average molecular weight is 441 g/mol. The van der Waals surface area contributed by atoms with Crippen LogP contribution in [0.5, 0.6) is 5.75 Å². The average Bonchev–Trinajstić information content (AvgIpc) is 2.73. The van der Waals surface area contributed by atoms with Gasteiger partial charge in [0.15, 0.2) is 5.75 Å². The molecule has 3 aromatic rings. The number of sulfonamides is 1. The molecule has 0 bridgehead atoms. The number of phenols is 1. The Kier molecular flexibility index (Phi) is 6.21. The van der Waals surface area contributed by atoms with Crippen molar-refractivity contribution < 1.29 is 23.2 Å².